The predicted molar refractivity (Wildman–Crippen MR) is 97.7 cm³/mol. The molecule has 1 aromatic carbocycles. The number of nitrogens with one attached hydrogen (secondary N) is 2. The number of benzene rings is 1. The van der Waals surface area contributed by atoms with Gasteiger partial charge in [-0.2, -0.15) is 5.10 Å². The molecule has 6 nitrogen and oxygen atoms in total. The van der Waals surface area contributed by atoms with Crippen LogP contribution in [0.2, 0.25) is 0 Å². The maximum Gasteiger partial charge on any atom is 0.246 e. The van der Waals surface area contributed by atoms with Crippen LogP contribution in [0, 0.1) is 0 Å². The molecule has 0 aliphatic heterocycles. The van der Waals surface area contributed by atoms with Crippen LogP contribution in [0.4, 0.5) is 5.69 Å². The maximum absolute atomic E-state index is 12.4. The third kappa shape index (κ3) is 5.54. The van der Waals surface area contributed by atoms with Gasteiger partial charge in [-0.25, -0.2) is 0 Å². The Balaban J connectivity index is 0.00000288. The van der Waals surface area contributed by atoms with Gasteiger partial charge in [-0.15, -0.1) is 12.4 Å². The van der Waals surface area contributed by atoms with Gasteiger partial charge in [0.05, 0.1) is 6.20 Å². The number of aryl methyl sites for hydroxylation is 1. The summed E-state index contributed by atoms with van der Waals surface area (Å²) >= 11 is 0. The molecule has 0 aliphatic carbocycles. The Bertz CT molecular complexity index is 662. The van der Waals surface area contributed by atoms with Crippen LogP contribution in [0.1, 0.15) is 32.4 Å². The zero-order valence-corrected chi connectivity index (χ0v) is 15.5. The summed E-state index contributed by atoms with van der Waals surface area (Å²) in [5.41, 5.74) is 1.29. The molecule has 0 saturated carbocycles. The number of hydrogen-bond acceptors (Lipinski definition) is 4. The summed E-state index contributed by atoms with van der Waals surface area (Å²) in [7, 11) is 3.57. The van der Waals surface area contributed by atoms with Gasteiger partial charge in [0, 0.05) is 24.5 Å². The van der Waals surface area contributed by atoms with E-state index in [9.17, 15) is 4.79 Å². The molecular formula is C17H25ClN4O2. The van der Waals surface area contributed by atoms with E-state index < -0.39 is 6.04 Å². The predicted octanol–water partition coefficient (Wildman–Crippen LogP) is 2.92. The van der Waals surface area contributed by atoms with Gasteiger partial charge in [-0.1, -0.05) is 0 Å². The van der Waals surface area contributed by atoms with Crippen LogP contribution >= 0.6 is 12.4 Å². The first kappa shape index (κ1) is 20.0. The summed E-state index contributed by atoms with van der Waals surface area (Å²) in [4.78, 5) is 12.4. The number of nitrogens with zero attached hydrogens (tertiary/aromatic N) is 2. The van der Waals surface area contributed by atoms with Crippen LogP contribution in [0.25, 0.3) is 0 Å². The first-order chi connectivity index (χ1) is 10.8. The van der Waals surface area contributed by atoms with Crippen molar-refractivity contribution < 1.29 is 9.53 Å². The van der Waals surface area contributed by atoms with E-state index in [1.165, 1.54) is 0 Å². The van der Waals surface area contributed by atoms with Crippen LogP contribution in [-0.4, -0.2) is 28.3 Å². The smallest absolute Gasteiger partial charge is 0.246 e. The van der Waals surface area contributed by atoms with Crippen LogP contribution in [0.15, 0.2) is 36.7 Å². The minimum absolute atomic E-state index is 0. The van der Waals surface area contributed by atoms with Crippen molar-refractivity contribution in [3.8, 4) is 5.75 Å². The van der Waals surface area contributed by atoms with E-state index in [1.807, 2.05) is 58.3 Å². The normalized spacial score (nSPS) is 12.2. The Morgan fingerprint density at radius 1 is 1.25 bits per heavy atom. The van der Waals surface area contributed by atoms with E-state index in [-0.39, 0.29) is 23.9 Å². The second-order valence-corrected chi connectivity index (χ2v) is 6.40. The monoisotopic (exact) mass is 352 g/mol. The third-order valence-corrected chi connectivity index (χ3v) is 3.15. The summed E-state index contributed by atoms with van der Waals surface area (Å²) in [6, 6.07) is 6.90. The Morgan fingerprint density at radius 2 is 1.88 bits per heavy atom. The highest BCUT2D eigenvalue weighted by atomic mass is 35.5. The molecule has 0 fully saturated rings. The van der Waals surface area contributed by atoms with Crippen LogP contribution in [-0.2, 0) is 11.8 Å². The molecule has 0 spiro atoms. The van der Waals surface area contributed by atoms with E-state index >= 15 is 0 Å². The van der Waals surface area contributed by atoms with Crippen molar-refractivity contribution in [3.63, 3.8) is 0 Å². The fraction of sp³-hybridized carbons (Fsp3) is 0.412. The second kappa shape index (κ2) is 8.17. The Hall–Kier alpha value is -2.05. The fourth-order valence-electron chi connectivity index (χ4n) is 2.21. The van der Waals surface area contributed by atoms with Crippen LogP contribution in [0.3, 0.4) is 0 Å². The third-order valence-electron chi connectivity index (χ3n) is 3.15. The largest absolute Gasteiger partial charge is 0.488 e. The lowest BCUT2D eigenvalue weighted by molar-refractivity contribution is -0.118. The molecule has 1 atom stereocenters. The SMILES string of the molecule is CNC(C(=O)Nc1ccc(OC(C)(C)C)cc1)c1cnn(C)c1.Cl. The van der Waals surface area contributed by atoms with E-state index in [2.05, 4.69) is 15.7 Å². The minimum atomic E-state index is -0.450. The average Bonchev–Trinajstić information content (AvgIpc) is 2.86. The van der Waals surface area contributed by atoms with Crippen molar-refractivity contribution in [2.75, 3.05) is 12.4 Å². The summed E-state index contributed by atoms with van der Waals surface area (Å²) in [6.07, 6.45) is 3.50. The lowest BCUT2D eigenvalue weighted by Gasteiger charge is -2.21. The van der Waals surface area contributed by atoms with E-state index in [1.54, 1.807) is 17.9 Å². The number of carbonyl (C=O) groups is 1. The van der Waals surface area contributed by atoms with E-state index in [4.69, 9.17) is 4.74 Å². The summed E-state index contributed by atoms with van der Waals surface area (Å²) in [5.74, 6) is 0.637. The topological polar surface area (TPSA) is 68.2 Å². The molecule has 1 aromatic heterocycles. The zero-order chi connectivity index (χ0) is 17.0. The zero-order valence-electron chi connectivity index (χ0n) is 14.7. The Morgan fingerprint density at radius 3 is 2.33 bits per heavy atom. The molecule has 1 heterocycles. The molecule has 2 N–H and O–H groups in total. The molecule has 24 heavy (non-hydrogen) atoms. The number of amides is 1. The highest BCUT2D eigenvalue weighted by Crippen LogP contribution is 2.21. The number of rotatable bonds is 5. The molecule has 0 radical (unpaired) electrons. The van der Waals surface area contributed by atoms with Gasteiger partial charge in [-0.3, -0.25) is 9.48 Å². The van der Waals surface area contributed by atoms with Gasteiger partial charge >= 0.3 is 0 Å². The number of hydrogen-bond donors (Lipinski definition) is 2. The molecule has 2 aromatic rings. The molecule has 132 valence electrons. The van der Waals surface area contributed by atoms with E-state index in [0.717, 1.165) is 17.0 Å². The molecule has 0 aliphatic rings. The highest BCUT2D eigenvalue weighted by molar-refractivity contribution is 5.95. The fourth-order valence-corrected chi connectivity index (χ4v) is 2.21. The number of aromatic nitrogens is 2. The number of halogens is 1. The molecule has 0 bridgehead atoms. The van der Waals surface area contributed by atoms with Crippen LogP contribution < -0.4 is 15.4 Å². The van der Waals surface area contributed by atoms with Gasteiger partial charge in [0.2, 0.25) is 5.91 Å². The Kier molecular flexibility index (Phi) is 6.81. The van der Waals surface area contributed by atoms with E-state index in [0.29, 0.717) is 0 Å². The first-order valence-corrected chi connectivity index (χ1v) is 7.54. The Labute approximate surface area is 149 Å². The van der Waals surface area contributed by atoms with Gasteiger partial charge in [0.1, 0.15) is 17.4 Å². The van der Waals surface area contributed by atoms with Crippen molar-refractivity contribution in [1.29, 1.82) is 0 Å². The minimum Gasteiger partial charge on any atom is -0.488 e. The van der Waals surface area contributed by atoms with Crippen molar-refractivity contribution in [3.05, 3.63) is 42.2 Å². The second-order valence-electron chi connectivity index (χ2n) is 6.40. The number of carbonyl (C=O) groups excluding carboxylic acids is 1. The van der Waals surface area contributed by atoms with Gasteiger partial charge in [0.25, 0.3) is 0 Å². The maximum atomic E-state index is 12.4. The molecule has 1 amide bonds. The van der Waals surface area contributed by atoms with Crippen molar-refractivity contribution >= 4 is 24.0 Å². The summed E-state index contributed by atoms with van der Waals surface area (Å²) in [6.45, 7) is 5.98. The number of anilines is 1. The van der Waals surface area contributed by atoms with Gasteiger partial charge in [-0.05, 0) is 52.1 Å². The van der Waals surface area contributed by atoms with Gasteiger partial charge in [0.15, 0.2) is 0 Å². The molecule has 1 unspecified atom stereocenters. The van der Waals surface area contributed by atoms with Crippen molar-refractivity contribution in [2.24, 2.45) is 7.05 Å². The first-order valence-electron chi connectivity index (χ1n) is 7.54. The molecule has 7 heteroatoms. The quantitative estimate of drug-likeness (QED) is 0.868. The lowest BCUT2D eigenvalue weighted by atomic mass is 10.1. The lowest BCUT2D eigenvalue weighted by Crippen LogP contribution is -2.30. The molecule has 2 rings (SSSR count). The average molecular weight is 353 g/mol. The standard InChI is InChI=1S/C17H24N4O2.ClH/c1-17(2,3)23-14-8-6-13(7-9-14)20-16(22)15(18-4)12-10-19-21(5)11-12;/h6-11,15,18H,1-5H3,(H,20,22);1H. The summed E-state index contributed by atoms with van der Waals surface area (Å²) < 4.78 is 7.44. The summed E-state index contributed by atoms with van der Waals surface area (Å²) in [5, 5.41) is 10.0. The van der Waals surface area contributed by atoms with Crippen molar-refractivity contribution in [2.45, 2.75) is 32.4 Å². The number of ether oxygens (including phenoxy) is 1. The molecule has 0 saturated heterocycles. The van der Waals surface area contributed by atoms with Crippen LogP contribution in [0.5, 0.6) is 5.75 Å². The number of likely N-dealkylation sites (N-methyl/N-ethyl adjacent to an activating group) is 1. The van der Waals surface area contributed by atoms with Gasteiger partial charge < -0.3 is 15.4 Å². The van der Waals surface area contributed by atoms with Crippen molar-refractivity contribution in [1.82, 2.24) is 15.1 Å². The molecular weight excluding hydrogens is 328 g/mol. The highest BCUT2D eigenvalue weighted by Gasteiger charge is 2.20.